The lowest BCUT2D eigenvalue weighted by atomic mass is 10.1. The van der Waals surface area contributed by atoms with E-state index in [0.29, 0.717) is 27.6 Å². The fourth-order valence-electron chi connectivity index (χ4n) is 2.16. The van der Waals surface area contributed by atoms with E-state index < -0.39 is 11.9 Å². The molecule has 0 atom stereocenters. The van der Waals surface area contributed by atoms with Crippen molar-refractivity contribution in [3.63, 3.8) is 0 Å². The van der Waals surface area contributed by atoms with Crippen molar-refractivity contribution in [3.05, 3.63) is 33.6 Å². The number of anilines is 1. The molecule has 24 heavy (non-hydrogen) atoms. The van der Waals surface area contributed by atoms with Gasteiger partial charge in [-0.1, -0.05) is 0 Å². The highest BCUT2D eigenvalue weighted by molar-refractivity contribution is 7.13. The molecule has 2 aromatic rings. The summed E-state index contributed by atoms with van der Waals surface area (Å²) >= 11 is 1.24. The van der Waals surface area contributed by atoms with Crippen LogP contribution in [-0.4, -0.2) is 34.9 Å². The molecule has 0 aliphatic rings. The Morgan fingerprint density at radius 3 is 2.62 bits per heavy atom. The number of nitrogens with one attached hydrogen (secondary N) is 2. The van der Waals surface area contributed by atoms with Crippen LogP contribution in [0.4, 0.5) is 5.13 Å². The average Bonchev–Trinajstić information content (AvgIpc) is 3.08. The number of nitrogens with zero attached hydrogens (tertiary/aromatic N) is 1. The molecule has 0 bridgehead atoms. The van der Waals surface area contributed by atoms with Gasteiger partial charge >= 0.3 is 11.9 Å². The quantitative estimate of drug-likeness (QED) is 0.799. The average molecular weight is 351 g/mol. The Morgan fingerprint density at radius 1 is 1.29 bits per heavy atom. The highest BCUT2D eigenvalue weighted by atomic mass is 32.1. The van der Waals surface area contributed by atoms with Gasteiger partial charge in [0.25, 0.3) is 0 Å². The van der Waals surface area contributed by atoms with Gasteiger partial charge in [0.15, 0.2) is 5.13 Å². The number of amides is 1. The van der Waals surface area contributed by atoms with Crippen LogP contribution in [0.5, 0.6) is 0 Å². The maximum Gasteiger partial charge on any atom is 0.355 e. The molecule has 0 aliphatic heterocycles. The van der Waals surface area contributed by atoms with E-state index in [0.717, 1.165) is 0 Å². The molecule has 0 saturated carbocycles. The van der Waals surface area contributed by atoms with Gasteiger partial charge in [-0.3, -0.25) is 4.79 Å². The second kappa shape index (κ2) is 7.26. The van der Waals surface area contributed by atoms with E-state index in [2.05, 4.69) is 15.3 Å². The number of aromatic amines is 1. The van der Waals surface area contributed by atoms with Crippen LogP contribution in [0.15, 0.2) is 5.38 Å². The summed E-state index contributed by atoms with van der Waals surface area (Å²) < 4.78 is 9.90. The molecule has 0 radical (unpaired) electrons. The van der Waals surface area contributed by atoms with Crippen LogP contribution in [0.2, 0.25) is 0 Å². The first-order valence-corrected chi connectivity index (χ1v) is 7.88. The Kier molecular flexibility index (Phi) is 5.35. The predicted octanol–water partition coefficient (Wildman–Crippen LogP) is 2.19. The van der Waals surface area contributed by atoms with Gasteiger partial charge in [-0.25, -0.2) is 14.6 Å². The predicted molar refractivity (Wildman–Crippen MR) is 87.1 cm³/mol. The van der Waals surface area contributed by atoms with E-state index in [1.165, 1.54) is 25.4 Å². The van der Waals surface area contributed by atoms with E-state index in [1.807, 2.05) is 0 Å². The number of carbonyl (C=O) groups excluding carboxylic acids is 3. The summed E-state index contributed by atoms with van der Waals surface area (Å²) in [5, 5.41) is 4.68. The number of ether oxygens (including phenoxy) is 2. The zero-order valence-corrected chi connectivity index (χ0v) is 14.5. The maximum absolute atomic E-state index is 12.2. The third-order valence-electron chi connectivity index (χ3n) is 3.22. The molecule has 0 aromatic carbocycles. The maximum atomic E-state index is 12.2. The van der Waals surface area contributed by atoms with Gasteiger partial charge in [0.2, 0.25) is 5.91 Å². The second-order valence-electron chi connectivity index (χ2n) is 5.02. The molecular formula is C15H17N3O5S. The highest BCUT2D eigenvalue weighted by Crippen LogP contribution is 2.21. The van der Waals surface area contributed by atoms with Gasteiger partial charge in [0.1, 0.15) is 12.3 Å². The smallest absolute Gasteiger partial charge is 0.355 e. The van der Waals surface area contributed by atoms with Crippen LogP contribution < -0.4 is 5.32 Å². The summed E-state index contributed by atoms with van der Waals surface area (Å²) in [5.74, 6) is -1.33. The standard InChI is InChI=1S/C15H17N3O5S/c1-7-11(13(20)22-4)8(2)16-12(7)14(21)23-5-10-6-24-15(18-10)17-9(3)19/h6,16H,5H2,1-4H3,(H,17,18,19). The van der Waals surface area contributed by atoms with Crippen molar-refractivity contribution in [1.82, 2.24) is 9.97 Å². The first kappa shape index (κ1) is 17.7. The Labute approximate surface area is 142 Å². The van der Waals surface area contributed by atoms with Crippen molar-refractivity contribution in [2.24, 2.45) is 0 Å². The van der Waals surface area contributed by atoms with Gasteiger partial charge in [0, 0.05) is 18.0 Å². The van der Waals surface area contributed by atoms with Crippen molar-refractivity contribution < 1.29 is 23.9 Å². The van der Waals surface area contributed by atoms with Crippen LogP contribution in [0.25, 0.3) is 0 Å². The molecule has 0 fully saturated rings. The van der Waals surface area contributed by atoms with E-state index in [-0.39, 0.29) is 18.2 Å². The van der Waals surface area contributed by atoms with Crippen molar-refractivity contribution in [2.45, 2.75) is 27.4 Å². The zero-order valence-electron chi connectivity index (χ0n) is 13.7. The third kappa shape index (κ3) is 3.80. The molecule has 0 aliphatic carbocycles. The molecule has 8 nitrogen and oxygen atoms in total. The van der Waals surface area contributed by atoms with Crippen molar-refractivity contribution in [2.75, 3.05) is 12.4 Å². The fraction of sp³-hybridized carbons (Fsp3) is 0.333. The molecule has 2 aromatic heterocycles. The lowest BCUT2D eigenvalue weighted by molar-refractivity contribution is -0.114. The van der Waals surface area contributed by atoms with Crippen molar-refractivity contribution in [3.8, 4) is 0 Å². The second-order valence-corrected chi connectivity index (χ2v) is 5.88. The number of esters is 2. The monoisotopic (exact) mass is 351 g/mol. The van der Waals surface area contributed by atoms with E-state index in [9.17, 15) is 14.4 Å². The van der Waals surface area contributed by atoms with Gasteiger partial charge in [-0.05, 0) is 19.4 Å². The fourth-order valence-corrected chi connectivity index (χ4v) is 2.90. The topological polar surface area (TPSA) is 110 Å². The van der Waals surface area contributed by atoms with Gasteiger partial charge in [-0.15, -0.1) is 11.3 Å². The van der Waals surface area contributed by atoms with E-state index >= 15 is 0 Å². The number of methoxy groups -OCH3 is 1. The molecule has 2 heterocycles. The zero-order chi connectivity index (χ0) is 17.9. The number of aryl methyl sites for hydroxylation is 1. The minimum Gasteiger partial charge on any atom is -0.465 e. The van der Waals surface area contributed by atoms with Crippen LogP contribution in [-0.2, 0) is 20.9 Å². The number of thiazole rings is 1. The first-order chi connectivity index (χ1) is 11.3. The SMILES string of the molecule is COC(=O)c1c(C)[nH]c(C(=O)OCc2csc(NC(C)=O)n2)c1C. The molecule has 0 unspecified atom stereocenters. The van der Waals surface area contributed by atoms with Crippen molar-refractivity contribution in [1.29, 1.82) is 0 Å². The number of hydrogen-bond donors (Lipinski definition) is 2. The van der Waals surface area contributed by atoms with E-state index in [1.54, 1.807) is 19.2 Å². The minimum atomic E-state index is -0.597. The number of rotatable bonds is 5. The first-order valence-electron chi connectivity index (χ1n) is 7.00. The number of aromatic nitrogens is 2. The largest absolute Gasteiger partial charge is 0.465 e. The van der Waals surface area contributed by atoms with Crippen LogP contribution in [0, 0.1) is 13.8 Å². The lowest BCUT2D eigenvalue weighted by Gasteiger charge is -2.03. The Balaban J connectivity index is 2.06. The Hall–Kier alpha value is -2.68. The minimum absolute atomic E-state index is 0.0417. The molecule has 2 N–H and O–H groups in total. The third-order valence-corrected chi connectivity index (χ3v) is 4.02. The van der Waals surface area contributed by atoms with Gasteiger partial charge in [-0.2, -0.15) is 0 Å². The van der Waals surface area contributed by atoms with Crippen LogP contribution >= 0.6 is 11.3 Å². The van der Waals surface area contributed by atoms with Crippen LogP contribution in [0.1, 0.15) is 44.7 Å². The molecule has 9 heteroatoms. The molecule has 0 spiro atoms. The van der Waals surface area contributed by atoms with Crippen molar-refractivity contribution >= 4 is 34.3 Å². The summed E-state index contributed by atoms with van der Waals surface area (Å²) in [6, 6.07) is 0. The normalized spacial score (nSPS) is 10.3. The van der Waals surface area contributed by atoms with Gasteiger partial charge < -0.3 is 19.8 Å². The van der Waals surface area contributed by atoms with E-state index in [4.69, 9.17) is 9.47 Å². The summed E-state index contributed by atoms with van der Waals surface area (Å²) in [7, 11) is 1.28. The summed E-state index contributed by atoms with van der Waals surface area (Å²) in [5.41, 5.74) is 2.05. The molecule has 128 valence electrons. The van der Waals surface area contributed by atoms with Gasteiger partial charge in [0.05, 0.1) is 18.4 Å². The molecule has 1 amide bonds. The molecular weight excluding hydrogens is 334 g/mol. The highest BCUT2D eigenvalue weighted by Gasteiger charge is 2.23. The summed E-state index contributed by atoms with van der Waals surface area (Å²) in [4.78, 5) is 41.9. The summed E-state index contributed by atoms with van der Waals surface area (Å²) in [6.07, 6.45) is 0. The number of hydrogen-bond acceptors (Lipinski definition) is 7. The Morgan fingerprint density at radius 2 is 2.00 bits per heavy atom. The lowest BCUT2D eigenvalue weighted by Crippen LogP contribution is -2.09. The number of carbonyl (C=O) groups is 3. The molecule has 0 saturated heterocycles. The van der Waals surface area contributed by atoms with Crippen LogP contribution in [0.3, 0.4) is 0 Å². The number of H-pyrrole nitrogens is 1. The Bertz CT molecular complexity index is 793. The molecule has 2 rings (SSSR count). The summed E-state index contributed by atoms with van der Waals surface area (Å²) in [6.45, 7) is 4.66.